The van der Waals surface area contributed by atoms with Gasteiger partial charge in [0.15, 0.2) is 0 Å². The monoisotopic (exact) mass is 319 g/mol. The third-order valence-corrected chi connectivity index (χ3v) is 3.94. The molecule has 0 radical (unpaired) electrons. The molecule has 2 amide bonds. The van der Waals surface area contributed by atoms with Crippen molar-refractivity contribution in [2.45, 2.75) is 26.3 Å². The fourth-order valence-corrected chi connectivity index (χ4v) is 2.26. The maximum absolute atomic E-state index is 12.3. The van der Waals surface area contributed by atoms with Gasteiger partial charge in [0.05, 0.1) is 19.8 Å². The van der Waals surface area contributed by atoms with Crippen LogP contribution in [0.4, 0.5) is 5.69 Å². The molecule has 0 bridgehead atoms. The van der Waals surface area contributed by atoms with Crippen molar-refractivity contribution in [3.8, 4) is 0 Å². The lowest BCUT2D eigenvalue weighted by molar-refractivity contribution is -0.115. The van der Waals surface area contributed by atoms with E-state index in [-0.39, 0.29) is 18.4 Å². The molecule has 1 aliphatic rings. The van der Waals surface area contributed by atoms with E-state index in [4.69, 9.17) is 4.74 Å². The maximum atomic E-state index is 12.3. The fourth-order valence-electron chi connectivity index (χ4n) is 2.26. The number of carbonyl (C=O) groups is 2. The molecule has 1 fully saturated rings. The van der Waals surface area contributed by atoms with Gasteiger partial charge in [0.2, 0.25) is 5.91 Å². The van der Waals surface area contributed by atoms with E-state index in [2.05, 4.69) is 17.6 Å². The van der Waals surface area contributed by atoms with Crippen molar-refractivity contribution in [2.24, 2.45) is 0 Å². The van der Waals surface area contributed by atoms with E-state index in [1.54, 1.807) is 29.2 Å². The molecule has 2 N–H and O–H groups in total. The lowest BCUT2D eigenvalue weighted by Crippen LogP contribution is -2.40. The van der Waals surface area contributed by atoms with E-state index in [9.17, 15) is 9.59 Å². The van der Waals surface area contributed by atoms with E-state index in [0.29, 0.717) is 43.6 Å². The molecule has 126 valence electrons. The van der Waals surface area contributed by atoms with Crippen LogP contribution in [0, 0.1) is 0 Å². The summed E-state index contributed by atoms with van der Waals surface area (Å²) in [7, 11) is 0. The van der Waals surface area contributed by atoms with Crippen LogP contribution >= 0.6 is 0 Å². The summed E-state index contributed by atoms with van der Waals surface area (Å²) in [5.74, 6) is -0.0813. The summed E-state index contributed by atoms with van der Waals surface area (Å²) in [6, 6.07) is 7.32. The van der Waals surface area contributed by atoms with Gasteiger partial charge in [-0.15, -0.1) is 0 Å². The molecular formula is C17H25N3O3. The van der Waals surface area contributed by atoms with Crippen LogP contribution in [0.15, 0.2) is 24.3 Å². The molecular weight excluding hydrogens is 294 g/mol. The third kappa shape index (κ3) is 5.33. The second-order valence-corrected chi connectivity index (χ2v) is 5.72. The first kappa shape index (κ1) is 17.4. The van der Waals surface area contributed by atoms with Crippen molar-refractivity contribution in [2.75, 3.05) is 38.2 Å². The molecule has 1 aromatic carbocycles. The van der Waals surface area contributed by atoms with Gasteiger partial charge in [-0.1, -0.05) is 6.92 Å². The van der Waals surface area contributed by atoms with Gasteiger partial charge in [0, 0.05) is 30.4 Å². The van der Waals surface area contributed by atoms with Gasteiger partial charge in [-0.3, -0.25) is 9.59 Å². The predicted molar refractivity (Wildman–Crippen MR) is 89.5 cm³/mol. The number of hydrogen-bond donors (Lipinski definition) is 2. The number of rotatable bonds is 6. The SMILES string of the molecule is CCC(C)NCC(=O)Nc1ccc(C(=O)N2CCOCC2)cc1. The highest BCUT2D eigenvalue weighted by molar-refractivity contribution is 5.96. The van der Waals surface area contributed by atoms with Crippen molar-refractivity contribution in [1.29, 1.82) is 0 Å². The second kappa shape index (κ2) is 8.64. The average molecular weight is 319 g/mol. The predicted octanol–water partition coefficient (Wildman–Crippen LogP) is 1.49. The van der Waals surface area contributed by atoms with Crippen molar-refractivity contribution >= 4 is 17.5 Å². The fraction of sp³-hybridized carbons (Fsp3) is 0.529. The molecule has 23 heavy (non-hydrogen) atoms. The minimum atomic E-state index is -0.0856. The Hall–Kier alpha value is -1.92. The van der Waals surface area contributed by atoms with Gasteiger partial charge in [-0.05, 0) is 37.6 Å². The molecule has 1 aromatic rings. The van der Waals surface area contributed by atoms with Gasteiger partial charge in [0.25, 0.3) is 5.91 Å². The number of carbonyl (C=O) groups excluding carboxylic acids is 2. The van der Waals surface area contributed by atoms with Crippen LogP contribution in [0.2, 0.25) is 0 Å². The van der Waals surface area contributed by atoms with Gasteiger partial charge >= 0.3 is 0 Å². The molecule has 6 nitrogen and oxygen atoms in total. The lowest BCUT2D eigenvalue weighted by Gasteiger charge is -2.26. The lowest BCUT2D eigenvalue weighted by atomic mass is 10.1. The Morgan fingerprint density at radius 1 is 1.22 bits per heavy atom. The number of ether oxygens (including phenoxy) is 1. The van der Waals surface area contributed by atoms with E-state index in [0.717, 1.165) is 6.42 Å². The highest BCUT2D eigenvalue weighted by Gasteiger charge is 2.18. The number of nitrogens with one attached hydrogen (secondary N) is 2. The number of hydrogen-bond acceptors (Lipinski definition) is 4. The molecule has 1 saturated heterocycles. The zero-order chi connectivity index (χ0) is 16.7. The van der Waals surface area contributed by atoms with E-state index in [1.807, 2.05) is 6.92 Å². The highest BCUT2D eigenvalue weighted by Crippen LogP contribution is 2.12. The van der Waals surface area contributed by atoms with Crippen LogP contribution in [-0.4, -0.2) is 55.6 Å². The Bertz CT molecular complexity index is 524. The number of benzene rings is 1. The van der Waals surface area contributed by atoms with Crippen molar-refractivity contribution in [3.63, 3.8) is 0 Å². The second-order valence-electron chi connectivity index (χ2n) is 5.72. The zero-order valence-electron chi connectivity index (χ0n) is 13.8. The van der Waals surface area contributed by atoms with Crippen molar-refractivity contribution in [3.05, 3.63) is 29.8 Å². The molecule has 1 aliphatic heterocycles. The zero-order valence-corrected chi connectivity index (χ0v) is 13.8. The molecule has 6 heteroatoms. The highest BCUT2D eigenvalue weighted by atomic mass is 16.5. The Labute approximate surface area is 137 Å². The Balaban J connectivity index is 1.86. The van der Waals surface area contributed by atoms with Crippen LogP contribution in [0.5, 0.6) is 0 Å². The average Bonchev–Trinajstić information content (AvgIpc) is 2.60. The molecule has 0 aliphatic carbocycles. The Morgan fingerprint density at radius 2 is 1.87 bits per heavy atom. The minimum absolute atomic E-state index is 0.00427. The van der Waals surface area contributed by atoms with Gasteiger partial charge in [-0.25, -0.2) is 0 Å². The number of nitrogens with zero attached hydrogens (tertiary/aromatic N) is 1. The molecule has 0 saturated carbocycles. The number of anilines is 1. The molecule has 0 spiro atoms. The van der Waals surface area contributed by atoms with Crippen LogP contribution in [-0.2, 0) is 9.53 Å². The Kier molecular flexibility index (Phi) is 6.55. The first-order valence-electron chi connectivity index (χ1n) is 8.10. The van der Waals surface area contributed by atoms with Crippen LogP contribution < -0.4 is 10.6 Å². The standard InChI is InChI=1S/C17H25N3O3/c1-3-13(2)18-12-16(21)19-15-6-4-14(5-7-15)17(22)20-8-10-23-11-9-20/h4-7,13,18H,3,8-12H2,1-2H3,(H,19,21). The Morgan fingerprint density at radius 3 is 2.48 bits per heavy atom. The summed E-state index contributed by atoms with van der Waals surface area (Å²) in [6.07, 6.45) is 0.978. The first-order chi connectivity index (χ1) is 11.1. The van der Waals surface area contributed by atoms with Crippen LogP contribution in [0.25, 0.3) is 0 Å². The topological polar surface area (TPSA) is 70.7 Å². The molecule has 1 atom stereocenters. The van der Waals surface area contributed by atoms with Gasteiger partial charge < -0.3 is 20.3 Å². The molecule has 0 aromatic heterocycles. The minimum Gasteiger partial charge on any atom is -0.378 e. The number of amides is 2. The summed E-state index contributed by atoms with van der Waals surface area (Å²) in [5.41, 5.74) is 1.32. The summed E-state index contributed by atoms with van der Waals surface area (Å²) in [4.78, 5) is 25.9. The largest absolute Gasteiger partial charge is 0.378 e. The molecule has 1 unspecified atom stereocenters. The first-order valence-corrected chi connectivity index (χ1v) is 8.10. The van der Waals surface area contributed by atoms with Crippen molar-refractivity contribution in [1.82, 2.24) is 10.2 Å². The smallest absolute Gasteiger partial charge is 0.254 e. The summed E-state index contributed by atoms with van der Waals surface area (Å²) in [6.45, 7) is 6.81. The van der Waals surface area contributed by atoms with Crippen LogP contribution in [0.3, 0.4) is 0 Å². The summed E-state index contributed by atoms with van der Waals surface area (Å²) in [5, 5.41) is 5.96. The van der Waals surface area contributed by atoms with Crippen molar-refractivity contribution < 1.29 is 14.3 Å². The van der Waals surface area contributed by atoms with E-state index < -0.39 is 0 Å². The van der Waals surface area contributed by atoms with Gasteiger partial charge in [-0.2, -0.15) is 0 Å². The summed E-state index contributed by atoms with van der Waals surface area (Å²) < 4.78 is 5.25. The maximum Gasteiger partial charge on any atom is 0.254 e. The third-order valence-electron chi connectivity index (χ3n) is 3.94. The van der Waals surface area contributed by atoms with E-state index >= 15 is 0 Å². The molecule has 2 rings (SSSR count). The normalized spacial score (nSPS) is 16.0. The quantitative estimate of drug-likeness (QED) is 0.833. The molecule has 1 heterocycles. The van der Waals surface area contributed by atoms with Crippen LogP contribution in [0.1, 0.15) is 30.6 Å². The van der Waals surface area contributed by atoms with E-state index in [1.165, 1.54) is 0 Å². The summed E-state index contributed by atoms with van der Waals surface area (Å²) >= 11 is 0. The number of morpholine rings is 1. The van der Waals surface area contributed by atoms with Gasteiger partial charge in [0.1, 0.15) is 0 Å².